The molecule has 0 radical (unpaired) electrons. The molecule has 1 N–H and O–H groups in total. The van der Waals surface area contributed by atoms with Crippen molar-refractivity contribution in [3.05, 3.63) is 60.2 Å². The number of carbonyl (C=O) groups excluding carboxylic acids is 2. The molecule has 2 amide bonds. The average molecular weight is 454 g/mol. The highest BCUT2D eigenvalue weighted by molar-refractivity contribution is 5.80. The number of hydrogen-bond acceptors (Lipinski definition) is 5. The maximum Gasteiger partial charge on any atom is 0.225 e. The van der Waals surface area contributed by atoms with Gasteiger partial charge >= 0.3 is 0 Å². The molecular weight excluding hydrogens is 418 g/mol. The van der Waals surface area contributed by atoms with Gasteiger partial charge in [-0.2, -0.15) is 0 Å². The molecule has 0 aromatic heterocycles. The lowest BCUT2D eigenvalue weighted by molar-refractivity contribution is -0.136. The van der Waals surface area contributed by atoms with E-state index in [0.717, 1.165) is 17.1 Å². The number of para-hydroxylation sites is 1. The zero-order valence-corrected chi connectivity index (χ0v) is 19.8. The summed E-state index contributed by atoms with van der Waals surface area (Å²) < 4.78 is 10.9. The first-order valence-corrected chi connectivity index (χ1v) is 11.5. The van der Waals surface area contributed by atoms with E-state index in [1.54, 1.807) is 7.11 Å². The number of nitrogens with zero attached hydrogens (tertiary/aromatic N) is 2. The maximum atomic E-state index is 12.8. The maximum absolute atomic E-state index is 12.8. The van der Waals surface area contributed by atoms with Crippen molar-refractivity contribution in [3.8, 4) is 11.5 Å². The molecule has 1 fully saturated rings. The molecule has 1 saturated heterocycles. The second kappa shape index (κ2) is 12.3. The van der Waals surface area contributed by atoms with Gasteiger partial charge in [-0.05, 0) is 56.8 Å². The molecule has 0 aliphatic carbocycles. The largest absolute Gasteiger partial charge is 0.497 e. The van der Waals surface area contributed by atoms with Crippen LogP contribution in [0, 0.1) is 5.92 Å². The Morgan fingerprint density at radius 3 is 2.30 bits per heavy atom. The van der Waals surface area contributed by atoms with E-state index in [0.29, 0.717) is 45.5 Å². The molecule has 0 bridgehead atoms. The van der Waals surface area contributed by atoms with Crippen LogP contribution >= 0.6 is 0 Å². The highest BCUT2D eigenvalue weighted by Crippen LogP contribution is 2.22. The first kappa shape index (κ1) is 24.6. The van der Waals surface area contributed by atoms with Crippen LogP contribution in [0.15, 0.2) is 54.6 Å². The van der Waals surface area contributed by atoms with Crippen LogP contribution in [0.1, 0.15) is 30.9 Å². The van der Waals surface area contributed by atoms with Crippen LogP contribution in [0.5, 0.6) is 11.5 Å². The lowest BCUT2D eigenvalue weighted by atomic mass is 9.95. The lowest BCUT2D eigenvalue weighted by Gasteiger charge is -2.32. The van der Waals surface area contributed by atoms with E-state index in [1.807, 2.05) is 73.6 Å². The molecule has 1 heterocycles. The first-order chi connectivity index (χ1) is 16.0. The van der Waals surface area contributed by atoms with E-state index in [-0.39, 0.29) is 23.8 Å². The quantitative estimate of drug-likeness (QED) is 0.599. The summed E-state index contributed by atoms with van der Waals surface area (Å²) in [5, 5.41) is 3.12. The van der Waals surface area contributed by atoms with E-state index >= 15 is 0 Å². The van der Waals surface area contributed by atoms with Gasteiger partial charge in [-0.1, -0.05) is 30.3 Å². The number of benzene rings is 2. The fourth-order valence-corrected chi connectivity index (χ4v) is 4.09. The van der Waals surface area contributed by atoms with Crippen molar-refractivity contribution in [2.75, 3.05) is 47.4 Å². The van der Waals surface area contributed by atoms with Crippen LogP contribution in [-0.2, 0) is 9.59 Å². The van der Waals surface area contributed by atoms with Crippen LogP contribution in [0.3, 0.4) is 0 Å². The smallest absolute Gasteiger partial charge is 0.225 e. The summed E-state index contributed by atoms with van der Waals surface area (Å²) in [6, 6.07) is 17.5. The number of likely N-dealkylation sites (N-methyl/N-ethyl adjacent to an activating group) is 1. The molecule has 0 saturated carbocycles. The summed E-state index contributed by atoms with van der Waals surface area (Å²) in [5.74, 6) is 1.67. The Hall–Kier alpha value is -3.06. The van der Waals surface area contributed by atoms with E-state index < -0.39 is 0 Å². The number of carbonyl (C=O) groups is 2. The molecule has 1 aliphatic heterocycles. The van der Waals surface area contributed by atoms with Gasteiger partial charge in [0.2, 0.25) is 11.8 Å². The van der Waals surface area contributed by atoms with Crippen molar-refractivity contribution in [3.63, 3.8) is 0 Å². The Bertz CT molecular complexity index is 878. The Morgan fingerprint density at radius 1 is 1.03 bits per heavy atom. The number of nitrogens with one attached hydrogen (secondary N) is 1. The van der Waals surface area contributed by atoms with Crippen LogP contribution in [0.25, 0.3) is 0 Å². The minimum absolute atomic E-state index is 0.0618. The summed E-state index contributed by atoms with van der Waals surface area (Å²) >= 11 is 0. The number of methoxy groups -OCH3 is 1. The molecule has 0 spiro atoms. The van der Waals surface area contributed by atoms with Gasteiger partial charge in [0.25, 0.3) is 0 Å². The van der Waals surface area contributed by atoms with Gasteiger partial charge in [0.15, 0.2) is 0 Å². The van der Waals surface area contributed by atoms with E-state index in [4.69, 9.17) is 9.47 Å². The van der Waals surface area contributed by atoms with Crippen molar-refractivity contribution in [2.45, 2.75) is 25.3 Å². The lowest BCUT2D eigenvalue weighted by Crippen LogP contribution is -2.44. The normalized spacial score (nSPS) is 15.2. The second-order valence-electron chi connectivity index (χ2n) is 8.56. The summed E-state index contributed by atoms with van der Waals surface area (Å²) in [5.41, 5.74) is 1.12. The van der Waals surface area contributed by atoms with E-state index in [1.165, 1.54) is 0 Å². The molecule has 7 nitrogen and oxygen atoms in total. The third kappa shape index (κ3) is 7.22. The standard InChI is InChI=1S/C26H35N3O4/c1-28(2)24(20-9-11-22(32-3)12-10-20)19-27-26(31)21-13-16-29(17-14-21)25(30)15-18-33-23-7-5-4-6-8-23/h4-12,21,24H,13-19H2,1-3H3,(H,27,31). The third-order valence-electron chi connectivity index (χ3n) is 6.14. The fourth-order valence-electron chi connectivity index (χ4n) is 4.09. The Labute approximate surface area is 196 Å². The summed E-state index contributed by atoms with van der Waals surface area (Å²) in [6.45, 7) is 2.12. The van der Waals surface area contributed by atoms with Gasteiger partial charge < -0.3 is 24.6 Å². The Balaban J connectivity index is 1.41. The van der Waals surface area contributed by atoms with Gasteiger partial charge in [0, 0.05) is 25.6 Å². The van der Waals surface area contributed by atoms with Gasteiger partial charge in [-0.3, -0.25) is 9.59 Å². The van der Waals surface area contributed by atoms with Crippen molar-refractivity contribution in [1.82, 2.24) is 15.1 Å². The van der Waals surface area contributed by atoms with Crippen molar-refractivity contribution < 1.29 is 19.1 Å². The van der Waals surface area contributed by atoms with Gasteiger partial charge in [0.05, 0.1) is 26.2 Å². The molecule has 1 atom stereocenters. The highest BCUT2D eigenvalue weighted by Gasteiger charge is 2.28. The Kier molecular flexibility index (Phi) is 9.13. The number of likely N-dealkylation sites (tertiary alicyclic amines) is 1. The topological polar surface area (TPSA) is 71.1 Å². The number of ether oxygens (including phenoxy) is 2. The van der Waals surface area contributed by atoms with Crippen molar-refractivity contribution in [1.29, 1.82) is 0 Å². The monoisotopic (exact) mass is 453 g/mol. The second-order valence-corrected chi connectivity index (χ2v) is 8.56. The minimum Gasteiger partial charge on any atom is -0.497 e. The minimum atomic E-state index is -0.0618. The average Bonchev–Trinajstić information content (AvgIpc) is 2.85. The zero-order chi connectivity index (χ0) is 23.6. The SMILES string of the molecule is COc1ccc(C(CNC(=O)C2CCN(C(=O)CCOc3ccccc3)CC2)N(C)C)cc1. The van der Waals surface area contributed by atoms with Gasteiger partial charge in [0.1, 0.15) is 11.5 Å². The summed E-state index contributed by atoms with van der Waals surface area (Å²) in [6.07, 6.45) is 1.72. The third-order valence-corrected chi connectivity index (χ3v) is 6.14. The molecule has 178 valence electrons. The molecule has 2 aromatic rings. The van der Waals surface area contributed by atoms with Gasteiger partial charge in [-0.25, -0.2) is 0 Å². The molecule has 2 aromatic carbocycles. The predicted molar refractivity (Wildman–Crippen MR) is 128 cm³/mol. The van der Waals surface area contributed by atoms with Crippen molar-refractivity contribution >= 4 is 11.8 Å². The number of rotatable bonds is 10. The Morgan fingerprint density at radius 2 is 1.70 bits per heavy atom. The van der Waals surface area contributed by atoms with Crippen LogP contribution in [0.2, 0.25) is 0 Å². The number of hydrogen-bond donors (Lipinski definition) is 1. The van der Waals surface area contributed by atoms with E-state index in [9.17, 15) is 9.59 Å². The number of amides is 2. The molecule has 3 rings (SSSR count). The molecule has 1 aliphatic rings. The predicted octanol–water partition coefficient (Wildman–Crippen LogP) is 3.12. The fraction of sp³-hybridized carbons (Fsp3) is 0.462. The number of piperidine rings is 1. The molecule has 1 unspecified atom stereocenters. The van der Waals surface area contributed by atoms with Gasteiger partial charge in [-0.15, -0.1) is 0 Å². The summed E-state index contributed by atoms with van der Waals surface area (Å²) in [4.78, 5) is 29.2. The van der Waals surface area contributed by atoms with Crippen LogP contribution < -0.4 is 14.8 Å². The summed E-state index contributed by atoms with van der Waals surface area (Å²) in [7, 11) is 5.66. The van der Waals surface area contributed by atoms with E-state index in [2.05, 4.69) is 10.2 Å². The van der Waals surface area contributed by atoms with Crippen LogP contribution in [0.4, 0.5) is 0 Å². The molecule has 7 heteroatoms. The molecular formula is C26H35N3O4. The van der Waals surface area contributed by atoms with Crippen LogP contribution in [-0.4, -0.2) is 69.1 Å². The zero-order valence-electron chi connectivity index (χ0n) is 19.8. The van der Waals surface area contributed by atoms with Crippen molar-refractivity contribution in [2.24, 2.45) is 5.92 Å². The highest BCUT2D eigenvalue weighted by atomic mass is 16.5. The molecule has 33 heavy (non-hydrogen) atoms. The first-order valence-electron chi connectivity index (χ1n) is 11.5.